The van der Waals surface area contributed by atoms with Crippen molar-refractivity contribution in [3.05, 3.63) is 41.0 Å². The summed E-state index contributed by atoms with van der Waals surface area (Å²) in [7, 11) is 0. The molecule has 0 aromatic heterocycles. The van der Waals surface area contributed by atoms with Gasteiger partial charge in [-0.15, -0.1) is 28.5 Å². The molecule has 0 aliphatic rings. The number of rotatable bonds is 2. The maximum Gasteiger partial charge on any atom is 3.00 e. The summed E-state index contributed by atoms with van der Waals surface area (Å²) in [5.74, 6) is 0. The van der Waals surface area contributed by atoms with E-state index in [4.69, 9.17) is 0 Å². The van der Waals surface area contributed by atoms with Crippen LogP contribution in [0.2, 0.25) is 0 Å². The molecular weight excluding hydrogens is 330 g/mol. The number of aryl methyl sites for hydroxylation is 3. The van der Waals surface area contributed by atoms with E-state index in [2.05, 4.69) is 45.0 Å². The summed E-state index contributed by atoms with van der Waals surface area (Å²) in [6.45, 7) is 6.59. The largest absolute Gasteiger partial charge is 3.00 e. The monoisotopic (exact) mass is 345 g/mol. The summed E-state index contributed by atoms with van der Waals surface area (Å²) in [6, 6.07) is 9.19. The van der Waals surface area contributed by atoms with E-state index in [1.165, 1.54) is 40.3 Å². The molecule has 91 valence electrons. The summed E-state index contributed by atoms with van der Waals surface area (Å²) in [4.78, 5) is 0. The summed E-state index contributed by atoms with van der Waals surface area (Å²) in [5, 5.41) is 2.86. The Hall–Kier alpha value is 0.293. The van der Waals surface area contributed by atoms with Crippen molar-refractivity contribution < 1.29 is 51.0 Å². The SMILES string of the molecule is CCCc1cc(C)cc2[cH-]c(C)cc12.[Cl-].[Cl-].[Zr+3]. The molecule has 0 atom stereocenters. The Morgan fingerprint density at radius 3 is 2.29 bits per heavy atom. The number of hydrogen-bond acceptors (Lipinski definition) is 0. The van der Waals surface area contributed by atoms with Crippen molar-refractivity contribution >= 4 is 10.8 Å². The van der Waals surface area contributed by atoms with Gasteiger partial charge in [-0.25, -0.2) is 0 Å². The van der Waals surface area contributed by atoms with Crippen molar-refractivity contribution in [2.75, 3.05) is 0 Å². The van der Waals surface area contributed by atoms with Crippen LogP contribution in [-0.4, -0.2) is 0 Å². The van der Waals surface area contributed by atoms with Crippen molar-refractivity contribution in [1.82, 2.24) is 0 Å². The topological polar surface area (TPSA) is 0 Å². The van der Waals surface area contributed by atoms with Crippen molar-refractivity contribution in [1.29, 1.82) is 0 Å². The minimum Gasteiger partial charge on any atom is -1.00 e. The van der Waals surface area contributed by atoms with Gasteiger partial charge in [-0.2, -0.15) is 6.07 Å². The van der Waals surface area contributed by atoms with E-state index in [9.17, 15) is 0 Å². The zero-order valence-electron chi connectivity index (χ0n) is 10.5. The van der Waals surface area contributed by atoms with E-state index in [-0.39, 0.29) is 51.0 Å². The molecule has 0 saturated heterocycles. The number of benzene rings is 1. The molecule has 17 heavy (non-hydrogen) atoms. The van der Waals surface area contributed by atoms with Crippen molar-refractivity contribution in [2.24, 2.45) is 0 Å². The Morgan fingerprint density at radius 1 is 1.06 bits per heavy atom. The molecule has 0 fully saturated rings. The molecule has 0 heterocycles. The first-order chi connectivity index (χ1) is 6.70. The third-order valence-corrected chi connectivity index (χ3v) is 2.72. The fourth-order valence-corrected chi connectivity index (χ4v) is 2.19. The van der Waals surface area contributed by atoms with Crippen LogP contribution in [0.15, 0.2) is 24.3 Å². The minimum absolute atomic E-state index is 0. The zero-order chi connectivity index (χ0) is 10.1. The van der Waals surface area contributed by atoms with Gasteiger partial charge in [0, 0.05) is 0 Å². The van der Waals surface area contributed by atoms with Gasteiger partial charge in [0.1, 0.15) is 0 Å². The summed E-state index contributed by atoms with van der Waals surface area (Å²) >= 11 is 0. The van der Waals surface area contributed by atoms with Crippen LogP contribution in [0.25, 0.3) is 10.8 Å². The van der Waals surface area contributed by atoms with E-state index < -0.39 is 0 Å². The van der Waals surface area contributed by atoms with E-state index in [0.717, 1.165) is 0 Å². The number of hydrogen-bond donors (Lipinski definition) is 0. The molecule has 0 unspecified atom stereocenters. The van der Waals surface area contributed by atoms with E-state index in [0.29, 0.717) is 0 Å². The number of fused-ring (bicyclic) bond motifs is 1. The summed E-state index contributed by atoms with van der Waals surface area (Å²) in [6.07, 6.45) is 2.42. The molecule has 2 rings (SSSR count). The maximum atomic E-state index is 2.32. The Labute approximate surface area is 135 Å². The van der Waals surface area contributed by atoms with Crippen LogP contribution in [0.5, 0.6) is 0 Å². The van der Waals surface area contributed by atoms with Crippen molar-refractivity contribution in [3.8, 4) is 0 Å². The standard InChI is InChI=1S/C14H17.2ClH.Zr/c1-4-5-12-6-10(2)7-13-8-11(3)9-14(12)13;;;/h6-9H,4-5H2,1-3H3;2*1H;/q-1;;;+3/p-2. The van der Waals surface area contributed by atoms with Crippen molar-refractivity contribution in [3.63, 3.8) is 0 Å². The molecule has 0 N–H and O–H groups in total. The van der Waals surface area contributed by atoms with Gasteiger partial charge in [-0.05, 0) is 13.3 Å². The molecule has 0 amide bonds. The minimum atomic E-state index is 0. The summed E-state index contributed by atoms with van der Waals surface area (Å²) < 4.78 is 0. The van der Waals surface area contributed by atoms with Crippen molar-refractivity contribution in [2.45, 2.75) is 33.6 Å². The predicted molar refractivity (Wildman–Crippen MR) is 63.0 cm³/mol. The molecule has 0 nitrogen and oxygen atoms in total. The Bertz CT molecular complexity index is 460. The van der Waals surface area contributed by atoms with Crippen LogP contribution in [0.4, 0.5) is 0 Å². The van der Waals surface area contributed by atoms with Gasteiger partial charge in [0.15, 0.2) is 0 Å². The Morgan fingerprint density at radius 2 is 1.71 bits per heavy atom. The van der Waals surface area contributed by atoms with Gasteiger partial charge in [0.2, 0.25) is 0 Å². The second-order valence-electron chi connectivity index (χ2n) is 4.21. The van der Waals surface area contributed by atoms with Crippen LogP contribution < -0.4 is 24.8 Å². The second-order valence-corrected chi connectivity index (χ2v) is 4.21. The van der Waals surface area contributed by atoms with E-state index in [1.807, 2.05) is 0 Å². The molecule has 3 heteroatoms. The zero-order valence-corrected chi connectivity index (χ0v) is 14.4. The van der Waals surface area contributed by atoms with Gasteiger partial charge >= 0.3 is 26.2 Å². The molecule has 0 aliphatic carbocycles. The molecule has 2 aromatic rings. The van der Waals surface area contributed by atoms with Gasteiger partial charge in [0.25, 0.3) is 0 Å². The van der Waals surface area contributed by atoms with Crippen LogP contribution in [-0.2, 0) is 32.6 Å². The fourth-order valence-electron chi connectivity index (χ4n) is 2.19. The Balaban J connectivity index is 0. The smallest absolute Gasteiger partial charge is 1.00 e. The average Bonchev–Trinajstić information content (AvgIpc) is 2.45. The average molecular weight is 347 g/mol. The van der Waals surface area contributed by atoms with Crippen LogP contribution in [0.3, 0.4) is 0 Å². The van der Waals surface area contributed by atoms with Gasteiger partial charge in [-0.1, -0.05) is 37.5 Å². The third-order valence-electron chi connectivity index (χ3n) is 2.72. The second kappa shape index (κ2) is 8.40. The van der Waals surface area contributed by atoms with E-state index in [1.54, 1.807) is 0 Å². The quantitative estimate of drug-likeness (QED) is 0.559. The van der Waals surface area contributed by atoms with Gasteiger partial charge in [0.05, 0.1) is 0 Å². The van der Waals surface area contributed by atoms with Gasteiger partial charge in [-0.3, -0.25) is 0 Å². The number of halogens is 2. The predicted octanol–water partition coefficient (Wildman–Crippen LogP) is -1.87. The van der Waals surface area contributed by atoms with Crippen LogP contribution in [0.1, 0.15) is 30.0 Å². The third kappa shape index (κ3) is 4.47. The Kier molecular flexibility index (Phi) is 9.70. The molecule has 0 aliphatic heterocycles. The normalized spacial score (nSPS) is 9.12. The molecule has 0 bridgehead atoms. The van der Waals surface area contributed by atoms with Crippen LogP contribution in [0, 0.1) is 13.8 Å². The fraction of sp³-hybridized carbons (Fsp3) is 0.357. The van der Waals surface area contributed by atoms with E-state index >= 15 is 0 Å². The molecule has 0 saturated carbocycles. The first-order valence-electron chi connectivity index (χ1n) is 5.37. The first kappa shape index (κ1) is 19.6. The molecule has 0 spiro atoms. The van der Waals surface area contributed by atoms with Gasteiger partial charge < -0.3 is 24.8 Å². The van der Waals surface area contributed by atoms with Crippen LogP contribution >= 0.6 is 0 Å². The molecular formula is C14H17Cl2Zr. The maximum absolute atomic E-state index is 2.32. The summed E-state index contributed by atoms with van der Waals surface area (Å²) in [5.41, 5.74) is 4.27. The molecule has 2 aromatic carbocycles. The first-order valence-corrected chi connectivity index (χ1v) is 5.37. The molecule has 1 radical (unpaired) electrons.